The molecule has 0 spiro atoms. The number of aliphatic hydroxyl groups excluding tert-OH is 2. The van der Waals surface area contributed by atoms with E-state index in [1.165, 1.54) is 231 Å². The molecule has 2 unspecified atom stereocenters. The van der Waals surface area contributed by atoms with Crippen molar-refractivity contribution in [2.45, 2.75) is 315 Å². The first-order valence-corrected chi connectivity index (χ1v) is 27.5. The van der Waals surface area contributed by atoms with Crippen molar-refractivity contribution in [1.82, 2.24) is 5.32 Å². The number of hydrogen-bond acceptors (Lipinski definition) is 5. The zero-order valence-corrected chi connectivity index (χ0v) is 41.2. The number of ether oxygens (including phenoxy) is 1. The maximum atomic E-state index is 12.4. The first kappa shape index (κ1) is 59.6. The molecule has 0 radical (unpaired) electrons. The van der Waals surface area contributed by atoms with Crippen LogP contribution in [0.3, 0.4) is 0 Å². The summed E-state index contributed by atoms with van der Waals surface area (Å²) in [5, 5.41) is 22.9. The average molecular weight is 862 g/mol. The van der Waals surface area contributed by atoms with Crippen molar-refractivity contribution in [3.63, 3.8) is 0 Å². The van der Waals surface area contributed by atoms with Crippen LogP contribution in [0, 0.1) is 0 Å². The molecule has 0 aromatic heterocycles. The lowest BCUT2D eigenvalue weighted by Gasteiger charge is -2.20. The van der Waals surface area contributed by atoms with Crippen LogP contribution >= 0.6 is 0 Å². The topological polar surface area (TPSA) is 95.9 Å². The van der Waals surface area contributed by atoms with E-state index in [9.17, 15) is 19.8 Å². The van der Waals surface area contributed by atoms with Gasteiger partial charge in [0, 0.05) is 12.8 Å². The highest BCUT2D eigenvalue weighted by Gasteiger charge is 2.18. The molecule has 0 aliphatic rings. The predicted octanol–water partition coefficient (Wildman–Crippen LogP) is 16.5. The van der Waals surface area contributed by atoms with Gasteiger partial charge in [0.25, 0.3) is 0 Å². The number of hydrogen-bond donors (Lipinski definition) is 3. The number of nitrogens with one attached hydrogen (secondary N) is 1. The van der Waals surface area contributed by atoms with E-state index in [1.807, 2.05) is 6.08 Å². The predicted molar refractivity (Wildman–Crippen MR) is 264 cm³/mol. The third-order valence-corrected chi connectivity index (χ3v) is 12.8. The second kappa shape index (κ2) is 51.2. The highest BCUT2D eigenvalue weighted by molar-refractivity contribution is 5.76. The molecule has 3 N–H and O–H groups in total. The standard InChI is InChI=1S/C55H107NO5/c1-3-5-7-9-11-13-15-16-17-18-19-20-23-26-29-33-37-41-45-49-55(60)61-50-46-42-38-34-30-27-24-21-22-25-28-32-36-40-44-48-54(59)56-52(51-57)53(58)47-43-39-35-31-14-12-10-8-6-4-2/h43,47,52-53,57-58H,3-42,44-46,48-51H2,1-2H3,(H,56,59)/b47-43+. The second-order valence-electron chi connectivity index (χ2n) is 18.9. The Morgan fingerprint density at radius 3 is 1.11 bits per heavy atom. The zero-order chi connectivity index (χ0) is 44.4. The number of rotatable bonds is 51. The smallest absolute Gasteiger partial charge is 0.305 e. The minimum absolute atomic E-state index is 0.00425. The fraction of sp³-hybridized carbons (Fsp3) is 0.927. The van der Waals surface area contributed by atoms with Crippen molar-refractivity contribution < 1.29 is 24.5 Å². The van der Waals surface area contributed by atoms with Gasteiger partial charge in [-0.05, 0) is 32.1 Å². The average Bonchev–Trinajstić information content (AvgIpc) is 3.26. The summed E-state index contributed by atoms with van der Waals surface area (Å²) in [5.41, 5.74) is 0. The van der Waals surface area contributed by atoms with Gasteiger partial charge in [-0.25, -0.2) is 0 Å². The van der Waals surface area contributed by atoms with Crippen molar-refractivity contribution in [3.05, 3.63) is 12.2 Å². The Morgan fingerprint density at radius 2 is 0.754 bits per heavy atom. The highest BCUT2D eigenvalue weighted by atomic mass is 16.5. The molecule has 0 aliphatic carbocycles. The first-order valence-electron chi connectivity index (χ1n) is 27.5. The first-order chi connectivity index (χ1) is 30.0. The summed E-state index contributed by atoms with van der Waals surface area (Å²) in [4.78, 5) is 24.5. The van der Waals surface area contributed by atoms with E-state index in [-0.39, 0.29) is 18.5 Å². The molecule has 0 saturated heterocycles. The Kier molecular flexibility index (Phi) is 50.1. The molecule has 0 saturated carbocycles. The van der Waals surface area contributed by atoms with Crippen LogP contribution in [-0.4, -0.2) is 47.4 Å². The Balaban J connectivity index is 3.39. The zero-order valence-electron chi connectivity index (χ0n) is 41.2. The number of carbonyl (C=O) groups excluding carboxylic acids is 2. The Hall–Kier alpha value is -1.40. The van der Waals surface area contributed by atoms with Gasteiger partial charge in [-0.3, -0.25) is 9.59 Å². The molecule has 0 fully saturated rings. The van der Waals surface area contributed by atoms with Crippen molar-refractivity contribution in [1.29, 1.82) is 0 Å². The van der Waals surface area contributed by atoms with Crippen LogP contribution in [0.5, 0.6) is 0 Å². The summed E-state index contributed by atoms with van der Waals surface area (Å²) >= 11 is 0. The molecule has 362 valence electrons. The van der Waals surface area contributed by atoms with Crippen LogP contribution in [0.2, 0.25) is 0 Å². The SMILES string of the molecule is CCCCCCCCCC/C=C/C(O)C(CO)NC(=O)CCCCCCCCCCCCCCCCCOC(=O)CCCCCCCCCCCCCCCCCCCCC. The van der Waals surface area contributed by atoms with E-state index in [2.05, 4.69) is 19.2 Å². The van der Waals surface area contributed by atoms with Gasteiger partial charge >= 0.3 is 5.97 Å². The lowest BCUT2D eigenvalue weighted by Crippen LogP contribution is -2.45. The van der Waals surface area contributed by atoms with Gasteiger partial charge in [-0.15, -0.1) is 0 Å². The normalized spacial score (nSPS) is 12.7. The van der Waals surface area contributed by atoms with Crippen molar-refractivity contribution in [2.75, 3.05) is 13.2 Å². The van der Waals surface area contributed by atoms with E-state index in [4.69, 9.17) is 4.74 Å². The molecule has 0 rings (SSSR count). The molecule has 0 aromatic carbocycles. The van der Waals surface area contributed by atoms with Crippen molar-refractivity contribution >= 4 is 11.9 Å². The fourth-order valence-electron chi connectivity index (χ4n) is 8.58. The molecule has 1 amide bonds. The number of aliphatic hydroxyl groups is 2. The maximum absolute atomic E-state index is 12.4. The van der Waals surface area contributed by atoms with Crippen LogP contribution in [0.4, 0.5) is 0 Å². The summed E-state index contributed by atoms with van der Waals surface area (Å²) in [7, 11) is 0. The van der Waals surface area contributed by atoms with Gasteiger partial charge in [0.05, 0.1) is 25.4 Å². The molecule has 0 heterocycles. The Morgan fingerprint density at radius 1 is 0.443 bits per heavy atom. The summed E-state index contributed by atoms with van der Waals surface area (Å²) in [6.45, 7) is 4.88. The van der Waals surface area contributed by atoms with Crippen LogP contribution in [-0.2, 0) is 14.3 Å². The molecular weight excluding hydrogens is 755 g/mol. The molecular formula is C55H107NO5. The fourth-order valence-corrected chi connectivity index (χ4v) is 8.58. The van der Waals surface area contributed by atoms with Crippen LogP contribution in [0.15, 0.2) is 12.2 Å². The van der Waals surface area contributed by atoms with Crippen LogP contribution < -0.4 is 5.32 Å². The molecule has 61 heavy (non-hydrogen) atoms. The quantitative estimate of drug-likeness (QED) is 0.0322. The number of amides is 1. The second-order valence-corrected chi connectivity index (χ2v) is 18.9. The third-order valence-electron chi connectivity index (χ3n) is 12.8. The minimum Gasteiger partial charge on any atom is -0.466 e. The van der Waals surface area contributed by atoms with E-state index in [1.54, 1.807) is 6.08 Å². The van der Waals surface area contributed by atoms with Gasteiger partial charge < -0.3 is 20.3 Å². The molecule has 0 aromatic rings. The number of unbranched alkanes of at least 4 members (excludes halogenated alkanes) is 40. The van der Waals surface area contributed by atoms with Gasteiger partial charge in [0.15, 0.2) is 0 Å². The van der Waals surface area contributed by atoms with Gasteiger partial charge in [0.1, 0.15) is 0 Å². The molecule has 6 heteroatoms. The lowest BCUT2D eigenvalue weighted by atomic mass is 10.0. The summed E-state index contributed by atoms with van der Waals surface area (Å²) in [6, 6.07) is -0.631. The van der Waals surface area contributed by atoms with E-state index in [0.717, 1.165) is 44.9 Å². The van der Waals surface area contributed by atoms with Gasteiger partial charge in [-0.2, -0.15) is 0 Å². The van der Waals surface area contributed by atoms with Gasteiger partial charge in [-0.1, -0.05) is 270 Å². The van der Waals surface area contributed by atoms with E-state index in [0.29, 0.717) is 19.4 Å². The summed E-state index contributed by atoms with van der Waals surface area (Å²) < 4.78 is 5.49. The summed E-state index contributed by atoms with van der Waals surface area (Å²) in [6.07, 6.45) is 59.4. The van der Waals surface area contributed by atoms with Gasteiger partial charge in [0.2, 0.25) is 5.91 Å². The lowest BCUT2D eigenvalue weighted by molar-refractivity contribution is -0.143. The van der Waals surface area contributed by atoms with Crippen LogP contribution in [0.1, 0.15) is 303 Å². The van der Waals surface area contributed by atoms with Crippen molar-refractivity contribution in [2.24, 2.45) is 0 Å². The summed E-state index contributed by atoms with van der Waals surface area (Å²) in [5.74, 6) is -0.0731. The highest BCUT2D eigenvalue weighted by Crippen LogP contribution is 2.17. The number of carbonyl (C=O) groups is 2. The Bertz CT molecular complexity index is 909. The largest absolute Gasteiger partial charge is 0.466 e. The minimum atomic E-state index is -0.847. The monoisotopic (exact) mass is 862 g/mol. The Labute approximate surface area is 380 Å². The molecule has 0 bridgehead atoms. The van der Waals surface area contributed by atoms with Crippen molar-refractivity contribution in [3.8, 4) is 0 Å². The number of esters is 1. The number of allylic oxidation sites excluding steroid dienone is 1. The molecule has 2 atom stereocenters. The van der Waals surface area contributed by atoms with E-state index < -0.39 is 12.1 Å². The maximum Gasteiger partial charge on any atom is 0.305 e. The molecule has 0 aliphatic heterocycles. The third kappa shape index (κ3) is 47.9. The van der Waals surface area contributed by atoms with Crippen LogP contribution in [0.25, 0.3) is 0 Å². The molecule has 6 nitrogen and oxygen atoms in total. The van der Waals surface area contributed by atoms with E-state index >= 15 is 0 Å².